The van der Waals surface area contributed by atoms with E-state index in [2.05, 4.69) is 15.0 Å². The van der Waals surface area contributed by atoms with E-state index in [1.165, 1.54) is 16.7 Å². The number of aliphatic hydroxyl groups excluding tert-OH is 3. The number of ether oxygens (including phenoxy) is 1. The van der Waals surface area contributed by atoms with Gasteiger partial charge >= 0.3 is 0 Å². The number of azide groups is 1. The largest absolute Gasteiger partial charge is 0.394 e. The van der Waals surface area contributed by atoms with Gasteiger partial charge in [0.25, 0.3) is 0 Å². The number of aliphatic hydroxyl groups is 3. The average Bonchev–Trinajstić information content (AvgIpc) is 2.99. The zero-order valence-corrected chi connectivity index (χ0v) is 12.9. The van der Waals surface area contributed by atoms with E-state index in [-0.39, 0.29) is 11.0 Å². The molecule has 0 unspecified atom stereocenters. The van der Waals surface area contributed by atoms with Crippen molar-refractivity contribution in [3.8, 4) is 0 Å². The molecule has 0 radical (unpaired) electrons. The van der Waals surface area contributed by atoms with Crippen LogP contribution in [0.25, 0.3) is 21.5 Å². The molecule has 3 rings (SSSR count). The Bertz CT molecular complexity index is 806. The van der Waals surface area contributed by atoms with Crippen molar-refractivity contribution in [1.82, 2.24) is 9.55 Å². The van der Waals surface area contributed by atoms with E-state index in [0.717, 1.165) is 0 Å². The summed E-state index contributed by atoms with van der Waals surface area (Å²) in [5, 5.41) is 33.3. The second kappa shape index (κ2) is 6.14. The molecule has 1 aliphatic heterocycles. The van der Waals surface area contributed by atoms with Gasteiger partial charge in [-0.3, -0.25) is 4.57 Å². The minimum Gasteiger partial charge on any atom is -0.394 e. The topological polar surface area (TPSA) is 137 Å². The summed E-state index contributed by atoms with van der Waals surface area (Å²) in [6.45, 7) is -0.486. The van der Waals surface area contributed by atoms with Gasteiger partial charge in [0.15, 0.2) is 12.2 Å². The number of benzene rings is 1. The SMILES string of the molecule is [N-]=[N+]=Nc1nc2c(Cl)cc(Cl)cc2n1[C@@H]1O[C@H](CO)[C@@H](O)[C@H]1O. The lowest BCUT2D eigenvalue weighted by atomic mass is 10.1. The van der Waals surface area contributed by atoms with E-state index < -0.39 is 31.1 Å². The number of aromatic nitrogens is 2. The van der Waals surface area contributed by atoms with Gasteiger partial charge in [0.1, 0.15) is 23.8 Å². The zero-order valence-electron chi connectivity index (χ0n) is 11.4. The number of halogens is 2. The van der Waals surface area contributed by atoms with Gasteiger partial charge in [-0.05, 0) is 22.8 Å². The molecule has 4 atom stereocenters. The summed E-state index contributed by atoms with van der Waals surface area (Å²) in [5.74, 6) is -0.110. The molecule has 1 aliphatic rings. The Morgan fingerprint density at radius 1 is 1.35 bits per heavy atom. The summed E-state index contributed by atoms with van der Waals surface area (Å²) in [4.78, 5) is 6.80. The maximum absolute atomic E-state index is 10.2. The molecule has 11 heteroatoms. The second-order valence-electron chi connectivity index (χ2n) is 4.96. The first-order valence-electron chi connectivity index (χ1n) is 6.52. The van der Waals surface area contributed by atoms with Crippen molar-refractivity contribution in [3.05, 3.63) is 32.6 Å². The van der Waals surface area contributed by atoms with Crippen molar-refractivity contribution in [1.29, 1.82) is 0 Å². The Hall–Kier alpha value is -1.58. The third-order valence-electron chi connectivity index (χ3n) is 3.60. The minimum absolute atomic E-state index is 0.110. The Balaban J connectivity index is 2.23. The highest BCUT2D eigenvalue weighted by Gasteiger charge is 2.44. The lowest BCUT2D eigenvalue weighted by Crippen LogP contribution is -2.33. The van der Waals surface area contributed by atoms with Crippen LogP contribution >= 0.6 is 23.2 Å². The van der Waals surface area contributed by atoms with Gasteiger partial charge in [0, 0.05) is 9.93 Å². The van der Waals surface area contributed by atoms with E-state index in [1.54, 1.807) is 0 Å². The van der Waals surface area contributed by atoms with Gasteiger partial charge in [-0.2, -0.15) is 0 Å². The lowest BCUT2D eigenvalue weighted by molar-refractivity contribution is -0.0500. The number of hydrogen-bond acceptors (Lipinski definition) is 6. The van der Waals surface area contributed by atoms with Crippen molar-refractivity contribution >= 4 is 40.2 Å². The van der Waals surface area contributed by atoms with E-state index in [1.807, 2.05) is 0 Å². The van der Waals surface area contributed by atoms with Crippen molar-refractivity contribution in [2.24, 2.45) is 5.11 Å². The van der Waals surface area contributed by atoms with Crippen molar-refractivity contribution in [2.45, 2.75) is 24.5 Å². The molecular formula is C12H11Cl2N5O4. The molecule has 0 aliphatic carbocycles. The smallest absolute Gasteiger partial charge is 0.200 e. The van der Waals surface area contributed by atoms with Crippen LogP contribution in [0.1, 0.15) is 6.23 Å². The van der Waals surface area contributed by atoms with Gasteiger partial charge in [0.05, 0.1) is 17.1 Å². The van der Waals surface area contributed by atoms with Crippen molar-refractivity contribution < 1.29 is 20.1 Å². The monoisotopic (exact) mass is 359 g/mol. The number of imidazole rings is 1. The third-order valence-corrected chi connectivity index (χ3v) is 4.11. The molecule has 0 bridgehead atoms. The van der Waals surface area contributed by atoms with E-state index in [4.69, 9.17) is 33.5 Å². The van der Waals surface area contributed by atoms with Gasteiger partial charge < -0.3 is 20.1 Å². The first kappa shape index (κ1) is 16.3. The molecule has 2 aromatic rings. The third kappa shape index (κ3) is 2.62. The molecule has 0 amide bonds. The quantitative estimate of drug-likeness (QED) is 0.436. The fraction of sp³-hybridized carbons (Fsp3) is 0.417. The second-order valence-corrected chi connectivity index (χ2v) is 5.80. The highest BCUT2D eigenvalue weighted by Crippen LogP contribution is 2.38. The summed E-state index contributed by atoms with van der Waals surface area (Å²) >= 11 is 12.1. The standard InChI is InChI=1S/C12H11Cl2N5O4/c13-4-1-5(14)8-6(2-4)19(12(16-8)17-18-15)11-10(22)9(21)7(3-20)23-11/h1-2,7,9-11,20-22H,3H2/t7-,9-,10-,11-/m1/s1. The summed E-state index contributed by atoms with van der Waals surface area (Å²) < 4.78 is 6.75. The Kier molecular flexibility index (Phi) is 4.35. The van der Waals surface area contributed by atoms with Gasteiger partial charge in [-0.1, -0.05) is 23.2 Å². The number of hydrogen-bond donors (Lipinski definition) is 3. The Labute approximate surface area is 139 Å². The van der Waals surface area contributed by atoms with Crippen LogP contribution in [0.2, 0.25) is 10.0 Å². The van der Waals surface area contributed by atoms with Crippen LogP contribution in [0.5, 0.6) is 0 Å². The predicted octanol–water partition coefficient (Wildman–Crippen LogP) is 1.90. The normalized spacial score (nSPS) is 27.3. The molecule has 3 N–H and O–H groups in total. The summed E-state index contributed by atoms with van der Waals surface area (Å²) in [5.41, 5.74) is 9.37. The van der Waals surface area contributed by atoms with Crippen LogP contribution in [-0.4, -0.2) is 49.8 Å². The van der Waals surface area contributed by atoms with Crippen LogP contribution < -0.4 is 0 Å². The number of nitrogens with zero attached hydrogens (tertiary/aromatic N) is 5. The highest BCUT2D eigenvalue weighted by molar-refractivity contribution is 6.38. The van der Waals surface area contributed by atoms with Crippen molar-refractivity contribution in [2.75, 3.05) is 6.61 Å². The van der Waals surface area contributed by atoms with E-state index in [9.17, 15) is 15.3 Å². The molecule has 1 saturated heterocycles. The molecule has 0 spiro atoms. The van der Waals surface area contributed by atoms with Gasteiger partial charge in [-0.25, -0.2) is 4.98 Å². The molecule has 1 aromatic carbocycles. The van der Waals surface area contributed by atoms with Crippen molar-refractivity contribution in [3.63, 3.8) is 0 Å². The van der Waals surface area contributed by atoms with Gasteiger partial charge in [-0.15, -0.1) is 0 Å². The molecule has 9 nitrogen and oxygen atoms in total. The van der Waals surface area contributed by atoms with Crippen LogP contribution in [-0.2, 0) is 4.74 Å². The van der Waals surface area contributed by atoms with E-state index in [0.29, 0.717) is 16.1 Å². The van der Waals surface area contributed by atoms with Gasteiger partial charge in [0.2, 0.25) is 0 Å². The van der Waals surface area contributed by atoms with Crippen LogP contribution in [0, 0.1) is 0 Å². The lowest BCUT2D eigenvalue weighted by Gasteiger charge is -2.18. The fourth-order valence-electron chi connectivity index (χ4n) is 2.56. The number of fused-ring (bicyclic) bond motifs is 1. The maximum Gasteiger partial charge on any atom is 0.200 e. The molecule has 122 valence electrons. The first-order valence-corrected chi connectivity index (χ1v) is 7.28. The number of rotatable bonds is 3. The molecule has 1 fully saturated rings. The highest BCUT2D eigenvalue weighted by atomic mass is 35.5. The molecule has 1 aromatic heterocycles. The summed E-state index contributed by atoms with van der Waals surface area (Å²) in [6, 6.07) is 2.99. The summed E-state index contributed by atoms with van der Waals surface area (Å²) in [6.07, 6.45) is -4.78. The molecule has 0 saturated carbocycles. The minimum atomic E-state index is -1.37. The first-order chi connectivity index (χ1) is 11.0. The summed E-state index contributed by atoms with van der Waals surface area (Å²) in [7, 11) is 0. The Morgan fingerprint density at radius 2 is 2.09 bits per heavy atom. The molecular weight excluding hydrogens is 349 g/mol. The molecule has 2 heterocycles. The van der Waals surface area contributed by atoms with E-state index >= 15 is 0 Å². The maximum atomic E-state index is 10.2. The average molecular weight is 360 g/mol. The molecule has 23 heavy (non-hydrogen) atoms. The fourth-order valence-corrected chi connectivity index (χ4v) is 3.09. The van der Waals surface area contributed by atoms with Crippen LogP contribution in [0.3, 0.4) is 0 Å². The zero-order chi connectivity index (χ0) is 16.7. The van der Waals surface area contributed by atoms with Crippen LogP contribution in [0.4, 0.5) is 5.95 Å². The van der Waals surface area contributed by atoms with Crippen LogP contribution in [0.15, 0.2) is 17.2 Å². The predicted molar refractivity (Wildman–Crippen MR) is 81.6 cm³/mol. The Morgan fingerprint density at radius 3 is 2.70 bits per heavy atom.